The summed E-state index contributed by atoms with van der Waals surface area (Å²) in [5.41, 5.74) is 11.0. The standard InChI is InChI=1S/C10H20N2O2/c1-6-5-7-9(4,8(6,2)3)14-10(11,12)13-7/h6-7H,5,11-12H2,1-4H3/t6?,7-,9-/m1/s1. The molecule has 14 heavy (non-hydrogen) atoms. The molecule has 4 N–H and O–H groups in total. The fraction of sp³-hybridized carbons (Fsp3) is 1.00. The molecular formula is C10H20N2O2. The van der Waals surface area contributed by atoms with Crippen LogP contribution in [0.5, 0.6) is 0 Å². The molecule has 2 rings (SSSR count). The molecule has 4 heteroatoms. The van der Waals surface area contributed by atoms with Gasteiger partial charge in [0, 0.05) is 0 Å². The zero-order valence-electron chi connectivity index (χ0n) is 9.33. The average Bonchev–Trinajstić information content (AvgIpc) is 2.28. The maximum atomic E-state index is 5.68. The fourth-order valence-electron chi connectivity index (χ4n) is 2.68. The lowest BCUT2D eigenvalue weighted by Gasteiger charge is -2.39. The topological polar surface area (TPSA) is 70.5 Å². The summed E-state index contributed by atoms with van der Waals surface area (Å²) in [7, 11) is 0. The van der Waals surface area contributed by atoms with E-state index in [4.69, 9.17) is 20.9 Å². The Balaban J connectivity index is 2.35. The first kappa shape index (κ1) is 10.4. The number of rotatable bonds is 0. The van der Waals surface area contributed by atoms with Crippen LogP contribution in [0.4, 0.5) is 0 Å². The van der Waals surface area contributed by atoms with Crippen LogP contribution in [0.25, 0.3) is 0 Å². The Kier molecular flexibility index (Phi) is 1.85. The van der Waals surface area contributed by atoms with Crippen LogP contribution in [0.1, 0.15) is 34.1 Å². The van der Waals surface area contributed by atoms with E-state index < -0.39 is 6.03 Å². The highest BCUT2D eigenvalue weighted by atomic mass is 16.8. The van der Waals surface area contributed by atoms with E-state index in [1.165, 1.54) is 0 Å². The first-order chi connectivity index (χ1) is 6.19. The molecule has 0 aromatic rings. The highest BCUT2D eigenvalue weighted by molar-refractivity contribution is 5.10. The molecule has 1 aliphatic heterocycles. The molecule has 0 aromatic heterocycles. The van der Waals surface area contributed by atoms with Gasteiger partial charge in [0.1, 0.15) is 5.60 Å². The summed E-state index contributed by atoms with van der Waals surface area (Å²) in [6.45, 7) is 8.62. The predicted octanol–water partition coefficient (Wildman–Crippen LogP) is 0.755. The van der Waals surface area contributed by atoms with Crippen molar-refractivity contribution in [1.82, 2.24) is 0 Å². The Bertz CT molecular complexity index is 265. The van der Waals surface area contributed by atoms with Crippen LogP contribution in [0.3, 0.4) is 0 Å². The second-order valence-electron chi connectivity index (χ2n) is 5.40. The number of nitrogens with two attached hydrogens (primary N) is 2. The SMILES string of the molecule is CC1C[C@H]2OC(N)(N)O[C@@]2(C)C1(C)C. The molecule has 82 valence electrons. The number of hydrogen-bond donors (Lipinski definition) is 2. The lowest BCUT2D eigenvalue weighted by atomic mass is 9.74. The van der Waals surface area contributed by atoms with Crippen molar-refractivity contribution >= 4 is 0 Å². The molecule has 0 aromatic carbocycles. The highest BCUT2D eigenvalue weighted by Crippen LogP contribution is 2.57. The normalized spacial score (nSPS) is 49.3. The lowest BCUT2D eigenvalue weighted by Crippen LogP contribution is -2.54. The van der Waals surface area contributed by atoms with Gasteiger partial charge < -0.3 is 9.47 Å². The number of ether oxygens (including phenoxy) is 2. The van der Waals surface area contributed by atoms with Gasteiger partial charge in [-0.3, -0.25) is 11.5 Å². The van der Waals surface area contributed by atoms with Crippen molar-refractivity contribution in [2.75, 3.05) is 0 Å². The summed E-state index contributed by atoms with van der Waals surface area (Å²) in [6, 6.07) is -1.41. The molecule has 0 radical (unpaired) electrons. The van der Waals surface area contributed by atoms with Crippen molar-refractivity contribution < 1.29 is 9.47 Å². The maximum Gasteiger partial charge on any atom is 0.287 e. The first-order valence-corrected chi connectivity index (χ1v) is 5.15. The molecule has 2 aliphatic rings. The van der Waals surface area contributed by atoms with Crippen LogP contribution >= 0.6 is 0 Å². The van der Waals surface area contributed by atoms with Crippen molar-refractivity contribution in [3.8, 4) is 0 Å². The van der Waals surface area contributed by atoms with E-state index in [2.05, 4.69) is 20.8 Å². The Hall–Kier alpha value is -0.160. The zero-order valence-corrected chi connectivity index (χ0v) is 9.33. The largest absolute Gasteiger partial charge is 0.319 e. The lowest BCUT2D eigenvalue weighted by molar-refractivity contribution is -0.206. The van der Waals surface area contributed by atoms with Gasteiger partial charge in [-0.2, -0.15) is 0 Å². The van der Waals surface area contributed by atoms with Crippen molar-refractivity contribution in [2.45, 2.75) is 51.9 Å². The summed E-state index contributed by atoms with van der Waals surface area (Å²) in [5, 5.41) is 0. The van der Waals surface area contributed by atoms with E-state index in [-0.39, 0.29) is 17.1 Å². The molecule has 0 bridgehead atoms. The summed E-state index contributed by atoms with van der Waals surface area (Å²) in [4.78, 5) is 0. The minimum Gasteiger partial charge on any atom is -0.319 e. The molecule has 3 atom stereocenters. The Labute approximate surface area is 84.9 Å². The van der Waals surface area contributed by atoms with Gasteiger partial charge in [0.2, 0.25) is 0 Å². The van der Waals surface area contributed by atoms with E-state index in [9.17, 15) is 0 Å². The van der Waals surface area contributed by atoms with Gasteiger partial charge >= 0.3 is 0 Å². The van der Waals surface area contributed by atoms with Gasteiger partial charge in [-0.1, -0.05) is 20.8 Å². The zero-order chi connectivity index (χ0) is 10.8. The Morgan fingerprint density at radius 3 is 2.29 bits per heavy atom. The van der Waals surface area contributed by atoms with Crippen molar-refractivity contribution in [1.29, 1.82) is 0 Å². The van der Waals surface area contributed by atoms with Gasteiger partial charge in [-0.05, 0) is 24.7 Å². The predicted molar refractivity (Wildman–Crippen MR) is 53.0 cm³/mol. The Morgan fingerprint density at radius 1 is 1.21 bits per heavy atom. The third kappa shape index (κ3) is 1.08. The average molecular weight is 200 g/mol. The molecule has 1 unspecified atom stereocenters. The second-order valence-corrected chi connectivity index (χ2v) is 5.40. The quantitative estimate of drug-likeness (QED) is 0.566. The third-order valence-electron chi connectivity index (χ3n) is 4.39. The van der Waals surface area contributed by atoms with Crippen LogP contribution in [-0.2, 0) is 9.47 Å². The van der Waals surface area contributed by atoms with Crippen LogP contribution in [-0.4, -0.2) is 17.7 Å². The van der Waals surface area contributed by atoms with Crippen LogP contribution in [0, 0.1) is 11.3 Å². The first-order valence-electron chi connectivity index (χ1n) is 5.15. The van der Waals surface area contributed by atoms with Gasteiger partial charge in [-0.15, -0.1) is 0 Å². The van der Waals surface area contributed by atoms with E-state index in [1.54, 1.807) is 0 Å². The fourth-order valence-corrected chi connectivity index (χ4v) is 2.68. The molecule has 4 nitrogen and oxygen atoms in total. The van der Waals surface area contributed by atoms with E-state index in [1.807, 2.05) is 6.92 Å². The van der Waals surface area contributed by atoms with Crippen molar-refractivity contribution in [3.63, 3.8) is 0 Å². The summed E-state index contributed by atoms with van der Waals surface area (Å²) in [5.74, 6) is 0.550. The van der Waals surface area contributed by atoms with Crippen molar-refractivity contribution in [3.05, 3.63) is 0 Å². The van der Waals surface area contributed by atoms with Crippen molar-refractivity contribution in [2.24, 2.45) is 22.8 Å². The molecule has 0 amide bonds. The molecule has 1 heterocycles. The summed E-state index contributed by atoms with van der Waals surface area (Å²) < 4.78 is 11.2. The molecular weight excluding hydrogens is 180 g/mol. The smallest absolute Gasteiger partial charge is 0.287 e. The Morgan fingerprint density at radius 2 is 1.79 bits per heavy atom. The second kappa shape index (κ2) is 2.50. The van der Waals surface area contributed by atoms with Crippen LogP contribution in [0.2, 0.25) is 0 Å². The number of fused-ring (bicyclic) bond motifs is 1. The molecule has 1 aliphatic carbocycles. The van der Waals surface area contributed by atoms with Gasteiger partial charge in [0.25, 0.3) is 6.03 Å². The molecule has 0 spiro atoms. The van der Waals surface area contributed by atoms with Crippen LogP contribution in [0.15, 0.2) is 0 Å². The van der Waals surface area contributed by atoms with Gasteiger partial charge in [0.05, 0.1) is 6.10 Å². The third-order valence-corrected chi connectivity index (χ3v) is 4.39. The molecule has 2 fully saturated rings. The van der Waals surface area contributed by atoms with E-state index in [0.29, 0.717) is 5.92 Å². The molecule has 1 saturated carbocycles. The minimum absolute atomic E-state index is 0.0162. The molecule has 1 saturated heterocycles. The van der Waals surface area contributed by atoms with Crippen LogP contribution < -0.4 is 11.5 Å². The number of hydrogen-bond acceptors (Lipinski definition) is 4. The van der Waals surface area contributed by atoms with E-state index >= 15 is 0 Å². The maximum absolute atomic E-state index is 5.68. The monoisotopic (exact) mass is 200 g/mol. The summed E-state index contributed by atoms with van der Waals surface area (Å²) >= 11 is 0. The van der Waals surface area contributed by atoms with Gasteiger partial charge in [-0.25, -0.2) is 0 Å². The highest BCUT2D eigenvalue weighted by Gasteiger charge is 2.65. The summed E-state index contributed by atoms with van der Waals surface area (Å²) in [6.07, 6.45) is 0.974. The van der Waals surface area contributed by atoms with E-state index in [0.717, 1.165) is 6.42 Å². The van der Waals surface area contributed by atoms with Gasteiger partial charge in [0.15, 0.2) is 0 Å². The minimum atomic E-state index is -1.41.